The van der Waals surface area contributed by atoms with Gasteiger partial charge >= 0.3 is 6.09 Å². The third-order valence-electron chi connectivity index (χ3n) is 4.05. The van der Waals surface area contributed by atoms with Crippen LogP contribution >= 0.6 is 0 Å². The Kier molecular flexibility index (Phi) is 4.80. The summed E-state index contributed by atoms with van der Waals surface area (Å²) in [6, 6.07) is 3.68. The maximum Gasteiger partial charge on any atom is 0.410 e. The Bertz CT molecular complexity index is 705. The molecule has 136 valence electrons. The largest absolute Gasteiger partial charge is 0.461 e. The van der Waals surface area contributed by atoms with E-state index >= 15 is 0 Å². The Labute approximate surface area is 146 Å². The van der Waals surface area contributed by atoms with Gasteiger partial charge in [0.2, 0.25) is 11.7 Å². The predicted octanol–water partition coefficient (Wildman–Crippen LogP) is 2.77. The number of rotatable bonds is 4. The Morgan fingerprint density at radius 2 is 2.28 bits per heavy atom. The van der Waals surface area contributed by atoms with Crippen molar-refractivity contribution in [1.82, 2.24) is 19.9 Å². The highest BCUT2D eigenvalue weighted by Gasteiger charge is 2.31. The first-order valence-corrected chi connectivity index (χ1v) is 8.36. The zero-order valence-corrected chi connectivity index (χ0v) is 15.1. The highest BCUT2D eigenvalue weighted by atomic mass is 16.6. The molecule has 0 saturated carbocycles. The molecule has 2 aromatic heterocycles. The summed E-state index contributed by atoms with van der Waals surface area (Å²) in [6.45, 7) is 7.75. The van der Waals surface area contributed by atoms with Crippen LogP contribution in [0.5, 0.6) is 0 Å². The third-order valence-corrected chi connectivity index (χ3v) is 4.05. The molecule has 1 fully saturated rings. The monoisotopic (exact) mass is 348 g/mol. The Morgan fingerprint density at radius 1 is 1.48 bits per heavy atom. The number of ether oxygens (including phenoxy) is 1. The molecule has 1 saturated heterocycles. The lowest BCUT2D eigenvalue weighted by Crippen LogP contribution is -2.42. The fraction of sp³-hybridized carbons (Fsp3) is 0.588. The number of hydrogen-bond donors (Lipinski definition) is 0. The minimum Gasteiger partial charge on any atom is -0.461 e. The van der Waals surface area contributed by atoms with E-state index in [1.807, 2.05) is 20.8 Å². The van der Waals surface area contributed by atoms with Crippen molar-refractivity contribution < 1.29 is 18.5 Å². The van der Waals surface area contributed by atoms with Crippen LogP contribution < -0.4 is 0 Å². The van der Waals surface area contributed by atoms with E-state index in [2.05, 4.69) is 15.0 Å². The average Bonchev–Trinajstić information content (AvgIpc) is 3.26. The fourth-order valence-electron chi connectivity index (χ4n) is 2.77. The molecule has 3 rings (SSSR count). The second-order valence-corrected chi connectivity index (χ2v) is 7.26. The van der Waals surface area contributed by atoms with Gasteiger partial charge in [0.1, 0.15) is 5.60 Å². The standard InChI is InChI=1S/C17H24N4O4/c1-17(2,3)24-16(22)20(4)12-7-8-21(10-12)11-14-18-15(19-25-14)13-6-5-9-23-13/h5-6,9,12H,7-8,10-11H2,1-4H3/t12-/m0/s1. The number of furan rings is 1. The molecule has 0 aliphatic carbocycles. The van der Waals surface area contributed by atoms with Gasteiger partial charge in [-0.15, -0.1) is 0 Å². The fourth-order valence-corrected chi connectivity index (χ4v) is 2.77. The van der Waals surface area contributed by atoms with Crippen molar-refractivity contribution in [2.45, 2.75) is 45.4 Å². The van der Waals surface area contributed by atoms with Gasteiger partial charge in [0.05, 0.1) is 12.8 Å². The maximum absolute atomic E-state index is 12.2. The molecule has 2 aromatic rings. The van der Waals surface area contributed by atoms with Crippen LogP contribution in [0.1, 0.15) is 33.1 Å². The Balaban J connectivity index is 1.54. The summed E-state index contributed by atoms with van der Waals surface area (Å²) in [5, 5.41) is 3.93. The van der Waals surface area contributed by atoms with Crippen LogP contribution in [0.25, 0.3) is 11.6 Å². The van der Waals surface area contributed by atoms with Crippen LogP contribution in [0, 0.1) is 0 Å². The third kappa shape index (κ3) is 4.39. The van der Waals surface area contributed by atoms with E-state index < -0.39 is 5.60 Å². The molecule has 1 amide bonds. The van der Waals surface area contributed by atoms with Crippen LogP contribution in [-0.4, -0.2) is 57.8 Å². The summed E-state index contributed by atoms with van der Waals surface area (Å²) in [4.78, 5) is 20.4. The van der Waals surface area contributed by atoms with Gasteiger partial charge in [0.15, 0.2) is 5.76 Å². The minimum absolute atomic E-state index is 0.113. The predicted molar refractivity (Wildman–Crippen MR) is 89.7 cm³/mol. The van der Waals surface area contributed by atoms with Gasteiger partial charge < -0.3 is 18.6 Å². The second kappa shape index (κ2) is 6.87. The van der Waals surface area contributed by atoms with Gasteiger partial charge in [0.25, 0.3) is 0 Å². The van der Waals surface area contributed by atoms with Gasteiger partial charge in [-0.1, -0.05) is 5.16 Å². The first kappa shape index (κ1) is 17.5. The summed E-state index contributed by atoms with van der Waals surface area (Å²) in [7, 11) is 1.78. The number of nitrogens with zero attached hydrogens (tertiary/aromatic N) is 4. The van der Waals surface area contributed by atoms with E-state index in [1.54, 1.807) is 30.3 Å². The molecule has 25 heavy (non-hydrogen) atoms. The SMILES string of the molecule is CN(C(=O)OC(C)(C)C)[C@H]1CCN(Cc2nc(-c3ccco3)no2)C1. The molecule has 0 aromatic carbocycles. The zero-order valence-electron chi connectivity index (χ0n) is 15.1. The molecule has 0 unspecified atom stereocenters. The lowest BCUT2D eigenvalue weighted by Gasteiger charge is -2.28. The van der Waals surface area contributed by atoms with Gasteiger partial charge in [-0.25, -0.2) is 4.79 Å². The van der Waals surface area contributed by atoms with Crippen LogP contribution in [0.2, 0.25) is 0 Å². The number of aromatic nitrogens is 2. The molecule has 8 heteroatoms. The average molecular weight is 348 g/mol. The van der Waals surface area contributed by atoms with E-state index in [-0.39, 0.29) is 12.1 Å². The summed E-state index contributed by atoms with van der Waals surface area (Å²) < 4.78 is 16.0. The molecular weight excluding hydrogens is 324 g/mol. The first-order valence-electron chi connectivity index (χ1n) is 8.36. The molecule has 1 aliphatic rings. The highest BCUT2D eigenvalue weighted by molar-refractivity contribution is 5.68. The quantitative estimate of drug-likeness (QED) is 0.840. The molecule has 3 heterocycles. The number of hydrogen-bond acceptors (Lipinski definition) is 7. The van der Waals surface area contributed by atoms with Crippen molar-refractivity contribution in [2.75, 3.05) is 20.1 Å². The van der Waals surface area contributed by atoms with Crippen LogP contribution in [0.15, 0.2) is 27.3 Å². The highest BCUT2D eigenvalue weighted by Crippen LogP contribution is 2.21. The summed E-state index contributed by atoms with van der Waals surface area (Å²) >= 11 is 0. The van der Waals surface area contributed by atoms with Crippen molar-refractivity contribution in [3.05, 3.63) is 24.3 Å². The molecular formula is C17H24N4O4. The van der Waals surface area contributed by atoms with Crippen molar-refractivity contribution in [2.24, 2.45) is 0 Å². The van der Waals surface area contributed by atoms with Crippen molar-refractivity contribution >= 4 is 6.09 Å². The Morgan fingerprint density at radius 3 is 2.96 bits per heavy atom. The second-order valence-electron chi connectivity index (χ2n) is 7.26. The van der Waals surface area contributed by atoms with Gasteiger partial charge in [-0.2, -0.15) is 4.98 Å². The minimum atomic E-state index is -0.490. The van der Waals surface area contributed by atoms with Crippen LogP contribution in [-0.2, 0) is 11.3 Å². The summed E-state index contributed by atoms with van der Waals surface area (Å²) in [5.41, 5.74) is -0.490. The molecule has 0 radical (unpaired) electrons. The topological polar surface area (TPSA) is 84.8 Å². The van der Waals surface area contributed by atoms with Crippen molar-refractivity contribution in [3.63, 3.8) is 0 Å². The number of amides is 1. The molecule has 8 nitrogen and oxygen atoms in total. The summed E-state index contributed by atoms with van der Waals surface area (Å²) in [5.74, 6) is 1.56. The normalized spacial score (nSPS) is 18.5. The number of likely N-dealkylation sites (tertiary alicyclic amines) is 1. The lowest BCUT2D eigenvalue weighted by molar-refractivity contribution is 0.0227. The number of carbonyl (C=O) groups is 1. The van der Waals surface area contributed by atoms with Gasteiger partial charge in [0, 0.05) is 26.2 Å². The first-order chi connectivity index (χ1) is 11.8. The van der Waals surface area contributed by atoms with E-state index in [4.69, 9.17) is 13.7 Å². The van der Waals surface area contributed by atoms with E-state index in [0.29, 0.717) is 24.0 Å². The molecule has 1 atom stereocenters. The zero-order chi connectivity index (χ0) is 18.0. The number of carbonyl (C=O) groups excluding carboxylic acids is 1. The molecule has 0 bridgehead atoms. The van der Waals surface area contributed by atoms with Crippen LogP contribution in [0.4, 0.5) is 4.79 Å². The van der Waals surface area contributed by atoms with Crippen LogP contribution in [0.3, 0.4) is 0 Å². The molecule has 1 aliphatic heterocycles. The molecule has 0 spiro atoms. The Hall–Kier alpha value is -2.35. The maximum atomic E-state index is 12.2. The van der Waals surface area contributed by atoms with E-state index in [0.717, 1.165) is 19.5 Å². The van der Waals surface area contributed by atoms with E-state index in [9.17, 15) is 4.79 Å². The van der Waals surface area contributed by atoms with Crippen molar-refractivity contribution in [3.8, 4) is 11.6 Å². The molecule has 0 N–H and O–H groups in total. The van der Waals surface area contributed by atoms with E-state index in [1.165, 1.54) is 0 Å². The van der Waals surface area contributed by atoms with Crippen molar-refractivity contribution in [1.29, 1.82) is 0 Å². The lowest BCUT2D eigenvalue weighted by atomic mass is 10.2. The summed E-state index contributed by atoms with van der Waals surface area (Å²) in [6.07, 6.45) is 2.16. The number of likely N-dealkylation sites (N-methyl/N-ethyl adjacent to an activating group) is 1. The van der Waals surface area contributed by atoms with Gasteiger partial charge in [-0.3, -0.25) is 4.90 Å². The van der Waals surface area contributed by atoms with Gasteiger partial charge in [-0.05, 0) is 39.3 Å². The smallest absolute Gasteiger partial charge is 0.410 e.